The Labute approximate surface area is 195 Å². The number of hydrogen-bond donors (Lipinski definition) is 0. The SMILES string of the molecule is COC1=C(OC)C(=O)C(C(C)(C)CC(=O)OCCCC[C@@H](CO[N+](=O)[O-])O[N+](=O)[O-])=C(C)C1=O. The topological polar surface area (TPSA) is 184 Å². The summed E-state index contributed by atoms with van der Waals surface area (Å²) < 4.78 is 15.2. The summed E-state index contributed by atoms with van der Waals surface area (Å²) >= 11 is 0. The molecule has 0 aromatic heterocycles. The number of esters is 1. The van der Waals surface area contributed by atoms with Crippen molar-refractivity contribution >= 4 is 17.5 Å². The molecule has 0 amide bonds. The van der Waals surface area contributed by atoms with Gasteiger partial charge < -0.3 is 23.9 Å². The van der Waals surface area contributed by atoms with Gasteiger partial charge >= 0.3 is 5.97 Å². The van der Waals surface area contributed by atoms with Crippen LogP contribution in [0.5, 0.6) is 0 Å². The van der Waals surface area contributed by atoms with Gasteiger partial charge in [0.1, 0.15) is 12.7 Å². The molecule has 0 radical (unpaired) electrons. The van der Waals surface area contributed by atoms with E-state index in [1.807, 2.05) is 0 Å². The second kappa shape index (κ2) is 12.5. The molecule has 14 nitrogen and oxygen atoms in total. The minimum absolute atomic E-state index is 0.0296. The van der Waals surface area contributed by atoms with E-state index in [-0.39, 0.29) is 42.1 Å². The van der Waals surface area contributed by atoms with E-state index < -0.39 is 45.8 Å². The third kappa shape index (κ3) is 7.71. The smallest absolute Gasteiger partial charge is 0.306 e. The fraction of sp³-hybridized carbons (Fsp3) is 0.650. The highest BCUT2D eigenvalue weighted by molar-refractivity contribution is 6.24. The summed E-state index contributed by atoms with van der Waals surface area (Å²) in [5.41, 5.74) is -0.784. The van der Waals surface area contributed by atoms with Crippen LogP contribution in [0.4, 0.5) is 0 Å². The predicted octanol–water partition coefficient (Wildman–Crippen LogP) is 1.87. The van der Waals surface area contributed by atoms with E-state index in [1.54, 1.807) is 13.8 Å². The van der Waals surface area contributed by atoms with Crippen LogP contribution in [-0.4, -0.2) is 61.2 Å². The number of unbranched alkanes of at least 4 members (excludes halogenated alkanes) is 1. The van der Waals surface area contributed by atoms with E-state index in [4.69, 9.17) is 14.2 Å². The van der Waals surface area contributed by atoms with Crippen molar-refractivity contribution in [3.05, 3.63) is 42.9 Å². The number of rotatable bonds is 15. The number of carbonyl (C=O) groups excluding carboxylic acids is 3. The second-order valence-corrected chi connectivity index (χ2v) is 7.97. The van der Waals surface area contributed by atoms with Crippen LogP contribution in [-0.2, 0) is 38.3 Å². The first kappa shape index (κ1) is 28.3. The van der Waals surface area contributed by atoms with E-state index in [2.05, 4.69) is 9.68 Å². The third-order valence-electron chi connectivity index (χ3n) is 5.02. The normalized spacial score (nSPS) is 15.1. The molecule has 0 aliphatic heterocycles. The van der Waals surface area contributed by atoms with Crippen molar-refractivity contribution < 1.29 is 48.4 Å². The Balaban J connectivity index is 2.65. The predicted molar refractivity (Wildman–Crippen MR) is 112 cm³/mol. The molecule has 0 aromatic rings. The second-order valence-electron chi connectivity index (χ2n) is 7.97. The van der Waals surface area contributed by atoms with Crippen molar-refractivity contribution in [1.29, 1.82) is 0 Å². The summed E-state index contributed by atoms with van der Waals surface area (Å²) in [6.45, 7) is 4.08. The Morgan fingerprint density at radius 3 is 2.12 bits per heavy atom. The molecule has 0 fully saturated rings. The van der Waals surface area contributed by atoms with Gasteiger partial charge in [0, 0.05) is 16.6 Å². The van der Waals surface area contributed by atoms with Gasteiger partial charge in [0.05, 0.1) is 27.2 Å². The molecule has 34 heavy (non-hydrogen) atoms. The van der Waals surface area contributed by atoms with Crippen molar-refractivity contribution in [2.24, 2.45) is 5.41 Å². The van der Waals surface area contributed by atoms with E-state index >= 15 is 0 Å². The quantitative estimate of drug-likeness (QED) is 0.107. The van der Waals surface area contributed by atoms with E-state index in [0.29, 0.717) is 12.8 Å². The molecule has 0 unspecified atom stereocenters. The summed E-state index contributed by atoms with van der Waals surface area (Å²) in [6, 6.07) is 0. The molecular weight excluding hydrogens is 460 g/mol. The number of allylic oxidation sites excluding steroid dienone is 2. The van der Waals surface area contributed by atoms with Crippen LogP contribution in [0.15, 0.2) is 22.7 Å². The monoisotopic (exact) mass is 488 g/mol. The Kier molecular flexibility index (Phi) is 10.4. The fourth-order valence-corrected chi connectivity index (χ4v) is 3.55. The van der Waals surface area contributed by atoms with Gasteiger partial charge in [-0.2, -0.15) is 0 Å². The fourth-order valence-electron chi connectivity index (χ4n) is 3.55. The summed E-state index contributed by atoms with van der Waals surface area (Å²) in [7, 11) is 2.49. The van der Waals surface area contributed by atoms with Gasteiger partial charge in [-0.1, -0.05) is 13.8 Å². The molecule has 190 valence electrons. The van der Waals surface area contributed by atoms with Crippen LogP contribution in [0.25, 0.3) is 0 Å². The lowest BCUT2D eigenvalue weighted by Gasteiger charge is -2.31. The summed E-state index contributed by atoms with van der Waals surface area (Å²) in [5, 5.41) is 18.5. The largest absolute Gasteiger partial charge is 0.489 e. The maximum Gasteiger partial charge on any atom is 0.306 e. The van der Waals surface area contributed by atoms with Crippen molar-refractivity contribution in [2.75, 3.05) is 27.4 Å². The van der Waals surface area contributed by atoms with E-state index in [9.17, 15) is 34.6 Å². The third-order valence-corrected chi connectivity index (χ3v) is 5.02. The number of ether oxygens (including phenoxy) is 3. The number of Topliss-reactive ketones (excluding diaryl/α,β-unsaturated/α-hetero) is 2. The van der Waals surface area contributed by atoms with Gasteiger partial charge in [-0.25, -0.2) is 0 Å². The molecule has 0 saturated heterocycles. The lowest BCUT2D eigenvalue weighted by molar-refractivity contribution is -0.790. The Hall–Kier alpha value is -3.71. The summed E-state index contributed by atoms with van der Waals surface area (Å²) in [4.78, 5) is 67.0. The van der Waals surface area contributed by atoms with Gasteiger partial charge in [-0.3, -0.25) is 14.4 Å². The first-order valence-corrected chi connectivity index (χ1v) is 10.2. The van der Waals surface area contributed by atoms with E-state index in [0.717, 1.165) is 0 Å². The number of ketones is 2. The number of carbonyl (C=O) groups is 3. The molecule has 0 saturated carbocycles. The molecule has 1 atom stereocenters. The van der Waals surface area contributed by atoms with Crippen LogP contribution >= 0.6 is 0 Å². The standard InChI is InChI=1S/C20H28N2O12/c1-12-15(17(25)19(31-5)18(30-4)16(12)24)20(2,3)10-14(23)32-9-7-6-8-13(34-22(28)29)11-33-21(26)27/h13H,6-11H2,1-5H3/t13-/m0/s1. The van der Waals surface area contributed by atoms with Gasteiger partial charge in [0.25, 0.3) is 10.2 Å². The zero-order valence-electron chi connectivity index (χ0n) is 19.6. The highest BCUT2D eigenvalue weighted by Crippen LogP contribution is 2.39. The van der Waals surface area contributed by atoms with Crippen molar-refractivity contribution in [2.45, 2.75) is 52.6 Å². The van der Waals surface area contributed by atoms with Crippen LogP contribution < -0.4 is 0 Å². The van der Waals surface area contributed by atoms with Crippen LogP contribution in [0.2, 0.25) is 0 Å². The minimum atomic E-state index is -1.14. The maximum absolute atomic E-state index is 12.9. The number of nitrogens with zero attached hydrogens (tertiary/aromatic N) is 2. The first-order valence-electron chi connectivity index (χ1n) is 10.2. The lowest BCUT2D eigenvalue weighted by atomic mass is 9.73. The first-order chi connectivity index (χ1) is 15.8. The van der Waals surface area contributed by atoms with Crippen LogP contribution in [0.1, 0.15) is 46.5 Å². The van der Waals surface area contributed by atoms with Crippen LogP contribution in [0.3, 0.4) is 0 Å². The molecule has 1 aliphatic carbocycles. The zero-order valence-corrected chi connectivity index (χ0v) is 19.6. The summed E-state index contributed by atoms with van der Waals surface area (Å²) in [6.07, 6.45) is -0.680. The average molecular weight is 488 g/mol. The van der Waals surface area contributed by atoms with E-state index in [1.165, 1.54) is 21.1 Å². The molecule has 0 N–H and O–H groups in total. The van der Waals surface area contributed by atoms with Gasteiger partial charge in [0.15, 0.2) is 0 Å². The molecule has 0 bridgehead atoms. The average Bonchev–Trinajstić information content (AvgIpc) is 2.72. The van der Waals surface area contributed by atoms with Gasteiger partial charge in [-0.15, -0.1) is 20.2 Å². The Morgan fingerprint density at radius 1 is 1.00 bits per heavy atom. The zero-order chi connectivity index (χ0) is 26.1. The molecule has 1 rings (SSSR count). The molecular formula is C20H28N2O12. The number of methoxy groups -OCH3 is 2. The van der Waals surface area contributed by atoms with Gasteiger partial charge in [-0.05, 0) is 26.2 Å². The summed E-state index contributed by atoms with van der Waals surface area (Å²) in [5.74, 6) is -2.12. The highest BCUT2D eigenvalue weighted by atomic mass is 17.0. The molecule has 0 spiro atoms. The minimum Gasteiger partial charge on any atom is -0.489 e. The maximum atomic E-state index is 12.9. The highest BCUT2D eigenvalue weighted by Gasteiger charge is 2.42. The van der Waals surface area contributed by atoms with Crippen molar-refractivity contribution in [3.63, 3.8) is 0 Å². The molecule has 1 aliphatic rings. The molecule has 14 heteroatoms. The number of hydrogen-bond acceptors (Lipinski definition) is 12. The molecule has 0 heterocycles. The lowest BCUT2D eigenvalue weighted by Crippen LogP contribution is -2.34. The molecule has 0 aromatic carbocycles. The van der Waals surface area contributed by atoms with Crippen molar-refractivity contribution in [1.82, 2.24) is 0 Å². The van der Waals surface area contributed by atoms with Crippen molar-refractivity contribution in [3.8, 4) is 0 Å². The van der Waals surface area contributed by atoms with Gasteiger partial charge in [0.2, 0.25) is 23.1 Å². The van der Waals surface area contributed by atoms with Crippen LogP contribution in [0, 0.1) is 25.6 Å². The Bertz CT molecular complexity index is 890. The Morgan fingerprint density at radius 2 is 1.59 bits per heavy atom.